The highest BCUT2D eigenvalue weighted by Crippen LogP contribution is 2.37. The van der Waals surface area contributed by atoms with Crippen LogP contribution in [-0.4, -0.2) is 32.9 Å². The molecule has 0 aromatic carbocycles. The first-order valence-corrected chi connectivity index (χ1v) is 11.1. The molecule has 0 saturated heterocycles. The fourth-order valence-corrected chi connectivity index (χ4v) is 4.77. The predicted molar refractivity (Wildman–Crippen MR) is 111 cm³/mol. The van der Waals surface area contributed by atoms with Crippen LogP contribution in [0.15, 0.2) is 15.7 Å². The molecule has 3 amide bonds. The molecule has 0 fully saturated rings. The van der Waals surface area contributed by atoms with Crippen molar-refractivity contribution in [2.24, 2.45) is 5.92 Å². The van der Waals surface area contributed by atoms with Gasteiger partial charge < -0.3 is 9.73 Å². The zero-order chi connectivity index (χ0) is 20.5. The summed E-state index contributed by atoms with van der Waals surface area (Å²) in [7, 11) is 0. The second-order valence-electron chi connectivity index (χ2n) is 8.23. The number of thioether (sulfide) groups is 1. The lowest BCUT2D eigenvalue weighted by atomic mass is 9.90. The lowest BCUT2D eigenvalue weighted by Gasteiger charge is -2.20. The third-order valence-corrected chi connectivity index (χ3v) is 6.48. The number of carbonyl (C=O) groups is 2. The first-order valence-electron chi connectivity index (χ1n) is 9.36. The Balaban J connectivity index is 1.60. The topological polar surface area (TPSA) is 97.1 Å². The maximum Gasteiger partial charge on any atom is 0.321 e. The highest BCUT2D eigenvalue weighted by Gasteiger charge is 2.24. The van der Waals surface area contributed by atoms with E-state index in [2.05, 4.69) is 33.8 Å². The number of carbonyl (C=O) groups excluding carboxylic acids is 2. The lowest BCUT2D eigenvalue weighted by Crippen LogP contribution is -2.49. The normalized spacial score (nSPS) is 17.7. The Morgan fingerprint density at radius 1 is 1.36 bits per heavy atom. The molecule has 0 saturated carbocycles. The maximum absolute atomic E-state index is 12.2. The number of fused-ring (bicyclic) bond motifs is 1. The molecule has 0 bridgehead atoms. The van der Waals surface area contributed by atoms with Crippen molar-refractivity contribution in [1.29, 1.82) is 0 Å². The van der Waals surface area contributed by atoms with Gasteiger partial charge in [-0.2, -0.15) is 0 Å². The number of rotatable bonds is 4. The Hall–Kier alpha value is -1.87. The average molecular weight is 423 g/mol. The molecular weight excluding hydrogens is 396 g/mol. The fourth-order valence-electron chi connectivity index (χ4n) is 2.96. The van der Waals surface area contributed by atoms with Gasteiger partial charge in [-0.3, -0.25) is 10.1 Å². The molecule has 1 aliphatic carbocycles. The SMILES string of the molecule is C[C@H]1CCc2sc(-c3nnc(S[C@H](C)C(=O)NC(=O)NC(C)(C)C)o3)cc2C1. The van der Waals surface area contributed by atoms with Crippen LogP contribution in [0.1, 0.15) is 51.5 Å². The molecule has 2 atom stereocenters. The van der Waals surface area contributed by atoms with Gasteiger partial charge in [0.15, 0.2) is 0 Å². The lowest BCUT2D eigenvalue weighted by molar-refractivity contribution is -0.119. The molecule has 28 heavy (non-hydrogen) atoms. The predicted octanol–water partition coefficient (Wildman–Crippen LogP) is 4.03. The second kappa shape index (κ2) is 8.24. The number of nitrogens with one attached hydrogen (secondary N) is 2. The minimum absolute atomic E-state index is 0.314. The minimum Gasteiger partial charge on any atom is -0.410 e. The maximum atomic E-state index is 12.2. The summed E-state index contributed by atoms with van der Waals surface area (Å²) in [5, 5.41) is 13.0. The zero-order valence-electron chi connectivity index (χ0n) is 16.8. The fraction of sp³-hybridized carbons (Fsp3) is 0.579. The van der Waals surface area contributed by atoms with E-state index in [1.54, 1.807) is 18.3 Å². The quantitative estimate of drug-likeness (QED) is 0.722. The van der Waals surface area contributed by atoms with Crippen molar-refractivity contribution in [3.8, 4) is 10.8 Å². The molecular formula is C19H26N4O3S2. The van der Waals surface area contributed by atoms with Gasteiger partial charge in [0.05, 0.1) is 10.1 Å². The van der Waals surface area contributed by atoms with Crippen LogP contribution < -0.4 is 10.6 Å². The first kappa shape index (κ1) is 20.9. The number of imide groups is 1. The van der Waals surface area contributed by atoms with Gasteiger partial charge in [0, 0.05) is 10.4 Å². The Kier molecular flexibility index (Phi) is 6.14. The standard InChI is InChI=1S/C19H26N4O3S2/c1-10-6-7-13-12(8-10)9-14(28-13)16-22-23-18(26-16)27-11(2)15(24)20-17(25)21-19(3,4)5/h9-11H,6-8H2,1-5H3,(H2,20,21,24,25)/t10-,11+/m0/s1. The van der Waals surface area contributed by atoms with Gasteiger partial charge in [0.1, 0.15) is 0 Å². The van der Waals surface area contributed by atoms with Gasteiger partial charge in [-0.05, 0) is 64.5 Å². The molecule has 2 heterocycles. The van der Waals surface area contributed by atoms with Crippen LogP contribution in [0, 0.1) is 5.92 Å². The van der Waals surface area contributed by atoms with Crippen molar-refractivity contribution < 1.29 is 14.0 Å². The summed E-state index contributed by atoms with van der Waals surface area (Å²) in [5.41, 5.74) is 0.962. The number of urea groups is 1. The van der Waals surface area contributed by atoms with Crippen molar-refractivity contribution >= 4 is 35.0 Å². The smallest absolute Gasteiger partial charge is 0.321 e. The van der Waals surface area contributed by atoms with Crippen molar-refractivity contribution in [2.75, 3.05) is 0 Å². The Labute approximate surface area is 173 Å². The molecule has 9 heteroatoms. The molecule has 2 aromatic rings. The molecule has 0 aliphatic heterocycles. The molecule has 7 nitrogen and oxygen atoms in total. The molecule has 1 aliphatic rings. The molecule has 0 spiro atoms. The summed E-state index contributed by atoms with van der Waals surface area (Å²) in [5.74, 6) is 0.776. The Morgan fingerprint density at radius 3 is 2.82 bits per heavy atom. The van der Waals surface area contributed by atoms with Crippen molar-refractivity contribution in [1.82, 2.24) is 20.8 Å². The number of hydrogen-bond acceptors (Lipinski definition) is 7. The van der Waals surface area contributed by atoms with Crippen LogP contribution in [0.2, 0.25) is 0 Å². The third-order valence-electron chi connectivity index (χ3n) is 4.32. The number of aromatic nitrogens is 2. The summed E-state index contributed by atoms with van der Waals surface area (Å²) < 4.78 is 5.75. The van der Waals surface area contributed by atoms with E-state index >= 15 is 0 Å². The number of aryl methyl sites for hydroxylation is 1. The number of hydrogen-bond donors (Lipinski definition) is 2. The van der Waals surface area contributed by atoms with E-state index in [-0.39, 0.29) is 0 Å². The summed E-state index contributed by atoms with van der Waals surface area (Å²) in [4.78, 5) is 26.4. The van der Waals surface area contributed by atoms with E-state index < -0.39 is 22.7 Å². The van der Waals surface area contributed by atoms with Gasteiger partial charge >= 0.3 is 6.03 Å². The number of thiophene rings is 1. The van der Waals surface area contributed by atoms with Crippen molar-refractivity contribution in [3.63, 3.8) is 0 Å². The van der Waals surface area contributed by atoms with E-state index in [9.17, 15) is 9.59 Å². The second-order valence-corrected chi connectivity index (χ2v) is 10.7. The number of amides is 3. The van der Waals surface area contributed by atoms with Crippen LogP contribution in [0.5, 0.6) is 0 Å². The molecule has 2 aromatic heterocycles. The van der Waals surface area contributed by atoms with Crippen LogP contribution >= 0.6 is 23.1 Å². The van der Waals surface area contributed by atoms with Crippen LogP contribution in [0.25, 0.3) is 10.8 Å². The summed E-state index contributed by atoms with van der Waals surface area (Å²) in [6, 6.07) is 1.62. The zero-order valence-corrected chi connectivity index (χ0v) is 18.4. The van der Waals surface area contributed by atoms with E-state index in [0.29, 0.717) is 17.0 Å². The van der Waals surface area contributed by atoms with Gasteiger partial charge in [0.25, 0.3) is 11.1 Å². The average Bonchev–Trinajstić information content (AvgIpc) is 3.18. The van der Waals surface area contributed by atoms with E-state index in [1.807, 2.05) is 20.8 Å². The Morgan fingerprint density at radius 2 is 2.11 bits per heavy atom. The molecule has 2 N–H and O–H groups in total. The first-order chi connectivity index (χ1) is 13.1. The highest BCUT2D eigenvalue weighted by molar-refractivity contribution is 8.00. The minimum atomic E-state index is -0.545. The monoisotopic (exact) mass is 422 g/mol. The van der Waals surface area contributed by atoms with Gasteiger partial charge in [-0.1, -0.05) is 18.7 Å². The van der Waals surface area contributed by atoms with Gasteiger partial charge in [-0.15, -0.1) is 21.5 Å². The molecule has 3 rings (SSSR count). The van der Waals surface area contributed by atoms with E-state index in [4.69, 9.17) is 4.42 Å². The van der Waals surface area contributed by atoms with Crippen molar-refractivity contribution in [2.45, 2.75) is 69.9 Å². The third kappa shape index (κ3) is 5.35. The van der Waals surface area contributed by atoms with Crippen LogP contribution in [-0.2, 0) is 17.6 Å². The largest absolute Gasteiger partial charge is 0.410 e. The molecule has 0 unspecified atom stereocenters. The van der Waals surface area contributed by atoms with Crippen molar-refractivity contribution in [3.05, 3.63) is 16.5 Å². The van der Waals surface area contributed by atoms with E-state index in [1.165, 1.54) is 16.9 Å². The van der Waals surface area contributed by atoms with Gasteiger partial charge in [-0.25, -0.2) is 4.79 Å². The molecule has 152 valence electrons. The Bertz CT molecular complexity index is 869. The van der Waals surface area contributed by atoms with Crippen LogP contribution in [0.3, 0.4) is 0 Å². The summed E-state index contributed by atoms with van der Waals surface area (Å²) >= 11 is 2.84. The van der Waals surface area contributed by atoms with E-state index in [0.717, 1.165) is 29.5 Å². The van der Waals surface area contributed by atoms with Crippen LogP contribution in [0.4, 0.5) is 4.79 Å². The van der Waals surface area contributed by atoms with Gasteiger partial charge in [0.2, 0.25) is 5.91 Å². The summed E-state index contributed by atoms with van der Waals surface area (Å²) in [6.07, 6.45) is 3.41. The highest BCUT2D eigenvalue weighted by atomic mass is 32.2. The number of nitrogens with zero attached hydrogens (tertiary/aromatic N) is 2. The summed E-state index contributed by atoms with van der Waals surface area (Å²) in [6.45, 7) is 9.50. The molecule has 0 radical (unpaired) electrons.